The summed E-state index contributed by atoms with van der Waals surface area (Å²) in [6.07, 6.45) is 5.99. The van der Waals surface area contributed by atoms with Crippen LogP contribution >= 0.6 is 0 Å². The summed E-state index contributed by atoms with van der Waals surface area (Å²) in [4.78, 5) is 16.7. The Morgan fingerprint density at radius 3 is 2.35 bits per heavy atom. The molecule has 1 saturated heterocycles. The molecule has 2 aliphatic rings. The third-order valence-corrected chi connectivity index (χ3v) is 6.52. The van der Waals surface area contributed by atoms with Gasteiger partial charge in [0, 0.05) is 37.8 Å². The molecule has 0 unspecified atom stereocenters. The number of piperazine rings is 1. The number of rotatable bonds is 3. The van der Waals surface area contributed by atoms with Crippen LogP contribution in [0.3, 0.4) is 0 Å². The number of benzene rings is 2. The molecule has 6 heteroatoms. The van der Waals surface area contributed by atoms with Gasteiger partial charge in [0.25, 0.3) is 0 Å². The number of fused-ring (bicyclic) bond motifs is 1. The fourth-order valence-electron chi connectivity index (χ4n) is 4.65. The minimum Gasteiger partial charge on any atom is -0.352 e. The van der Waals surface area contributed by atoms with Crippen LogP contribution in [0.25, 0.3) is 22.0 Å². The Bertz CT molecular complexity index is 1040. The molecule has 160 valence electrons. The Labute approximate surface area is 183 Å². The van der Waals surface area contributed by atoms with Gasteiger partial charge in [-0.1, -0.05) is 55.7 Å². The van der Waals surface area contributed by atoms with Gasteiger partial charge in [-0.05, 0) is 41.8 Å². The summed E-state index contributed by atoms with van der Waals surface area (Å²) >= 11 is 0. The van der Waals surface area contributed by atoms with E-state index in [0.717, 1.165) is 43.0 Å². The van der Waals surface area contributed by atoms with Gasteiger partial charge in [-0.2, -0.15) is 0 Å². The molecule has 31 heavy (non-hydrogen) atoms. The molecular weight excluding hydrogens is 386 g/mol. The molecule has 1 saturated carbocycles. The van der Waals surface area contributed by atoms with Gasteiger partial charge in [0.15, 0.2) is 5.82 Å². The third-order valence-electron chi connectivity index (χ3n) is 6.52. The van der Waals surface area contributed by atoms with Crippen molar-refractivity contribution < 1.29 is 4.79 Å². The molecule has 2 heterocycles. The van der Waals surface area contributed by atoms with Crippen LogP contribution in [-0.2, 0) is 0 Å². The summed E-state index contributed by atoms with van der Waals surface area (Å²) in [5, 5.41) is 14.6. The van der Waals surface area contributed by atoms with Gasteiger partial charge in [-0.15, -0.1) is 10.2 Å². The molecule has 0 bridgehead atoms. The second kappa shape index (κ2) is 8.92. The molecule has 5 rings (SSSR count). The number of nitrogens with one attached hydrogen (secondary N) is 1. The predicted molar refractivity (Wildman–Crippen MR) is 124 cm³/mol. The Kier molecular flexibility index (Phi) is 5.69. The molecule has 1 N–H and O–H groups in total. The monoisotopic (exact) mass is 415 g/mol. The molecule has 2 aromatic carbocycles. The largest absolute Gasteiger partial charge is 0.352 e. The summed E-state index contributed by atoms with van der Waals surface area (Å²) in [7, 11) is 0. The fraction of sp³-hybridized carbons (Fsp3) is 0.400. The maximum absolute atomic E-state index is 12.6. The molecule has 0 spiro atoms. The van der Waals surface area contributed by atoms with Crippen LogP contribution < -0.4 is 10.2 Å². The van der Waals surface area contributed by atoms with Gasteiger partial charge in [0.1, 0.15) is 0 Å². The SMILES string of the molecule is O=C(NC1CCCCC1)N1CCN(c2ccc(-c3ccc4ccccc4c3)nn2)CC1. The van der Waals surface area contributed by atoms with E-state index in [1.807, 2.05) is 17.0 Å². The number of carbonyl (C=O) groups excluding carboxylic acids is 1. The quantitative estimate of drug-likeness (QED) is 0.686. The van der Waals surface area contributed by atoms with E-state index < -0.39 is 0 Å². The van der Waals surface area contributed by atoms with Crippen molar-refractivity contribution in [2.45, 2.75) is 38.1 Å². The van der Waals surface area contributed by atoms with E-state index in [0.29, 0.717) is 19.1 Å². The van der Waals surface area contributed by atoms with E-state index in [-0.39, 0.29) is 6.03 Å². The van der Waals surface area contributed by atoms with Gasteiger partial charge >= 0.3 is 6.03 Å². The van der Waals surface area contributed by atoms with E-state index in [1.54, 1.807) is 0 Å². The number of aromatic nitrogens is 2. The molecular formula is C25H29N5O. The third kappa shape index (κ3) is 4.48. The summed E-state index contributed by atoms with van der Waals surface area (Å²) in [5.41, 5.74) is 1.95. The van der Waals surface area contributed by atoms with Crippen molar-refractivity contribution in [3.8, 4) is 11.3 Å². The first-order valence-corrected chi connectivity index (χ1v) is 11.4. The Morgan fingerprint density at radius 2 is 1.61 bits per heavy atom. The minimum absolute atomic E-state index is 0.0873. The lowest BCUT2D eigenvalue weighted by Crippen LogP contribution is -2.53. The molecule has 1 aromatic heterocycles. The van der Waals surface area contributed by atoms with Gasteiger partial charge in [-0.25, -0.2) is 4.79 Å². The number of hydrogen-bond donors (Lipinski definition) is 1. The highest BCUT2D eigenvalue weighted by Gasteiger charge is 2.24. The summed E-state index contributed by atoms with van der Waals surface area (Å²) < 4.78 is 0. The smallest absolute Gasteiger partial charge is 0.317 e. The summed E-state index contributed by atoms with van der Waals surface area (Å²) in [5.74, 6) is 0.872. The highest BCUT2D eigenvalue weighted by atomic mass is 16.2. The second-order valence-electron chi connectivity index (χ2n) is 8.60. The number of urea groups is 1. The zero-order valence-electron chi connectivity index (χ0n) is 17.8. The van der Waals surface area contributed by atoms with Crippen LogP contribution in [-0.4, -0.2) is 53.3 Å². The average Bonchev–Trinajstić information content (AvgIpc) is 2.84. The lowest BCUT2D eigenvalue weighted by atomic mass is 9.96. The normalized spacial score (nSPS) is 17.7. The van der Waals surface area contributed by atoms with Gasteiger partial charge in [0.05, 0.1) is 5.69 Å². The first-order chi connectivity index (χ1) is 15.3. The highest BCUT2D eigenvalue weighted by molar-refractivity contribution is 5.86. The molecule has 2 fully saturated rings. The maximum atomic E-state index is 12.6. The van der Waals surface area contributed by atoms with Crippen molar-refractivity contribution in [1.82, 2.24) is 20.4 Å². The zero-order chi connectivity index (χ0) is 21.0. The number of anilines is 1. The van der Waals surface area contributed by atoms with Crippen LogP contribution in [0, 0.1) is 0 Å². The zero-order valence-corrected chi connectivity index (χ0v) is 17.8. The van der Waals surface area contributed by atoms with Gasteiger partial charge < -0.3 is 15.1 Å². The lowest BCUT2D eigenvalue weighted by molar-refractivity contribution is 0.186. The molecule has 2 amide bonds. The molecule has 6 nitrogen and oxygen atoms in total. The molecule has 0 atom stereocenters. The second-order valence-corrected chi connectivity index (χ2v) is 8.60. The topological polar surface area (TPSA) is 61.4 Å². The maximum Gasteiger partial charge on any atom is 0.317 e. The van der Waals surface area contributed by atoms with E-state index in [9.17, 15) is 4.79 Å². The minimum atomic E-state index is 0.0873. The Hall–Kier alpha value is -3.15. The number of carbonyl (C=O) groups is 1. The van der Waals surface area contributed by atoms with Crippen molar-refractivity contribution >= 4 is 22.6 Å². The van der Waals surface area contributed by atoms with Crippen molar-refractivity contribution in [2.24, 2.45) is 0 Å². The number of hydrogen-bond acceptors (Lipinski definition) is 4. The number of nitrogens with zero attached hydrogens (tertiary/aromatic N) is 4. The van der Waals surface area contributed by atoms with E-state index in [2.05, 4.69) is 62.9 Å². The van der Waals surface area contributed by atoms with Crippen LogP contribution in [0.15, 0.2) is 54.6 Å². The van der Waals surface area contributed by atoms with Crippen LogP contribution in [0.1, 0.15) is 32.1 Å². The van der Waals surface area contributed by atoms with Crippen LogP contribution in [0.4, 0.5) is 10.6 Å². The first kappa shape index (κ1) is 19.8. The highest BCUT2D eigenvalue weighted by Crippen LogP contribution is 2.24. The van der Waals surface area contributed by atoms with Crippen molar-refractivity contribution in [1.29, 1.82) is 0 Å². The van der Waals surface area contributed by atoms with E-state index in [1.165, 1.54) is 30.0 Å². The first-order valence-electron chi connectivity index (χ1n) is 11.4. The van der Waals surface area contributed by atoms with Crippen LogP contribution in [0.5, 0.6) is 0 Å². The average molecular weight is 416 g/mol. The van der Waals surface area contributed by atoms with Gasteiger partial charge in [-0.3, -0.25) is 0 Å². The van der Waals surface area contributed by atoms with Gasteiger partial charge in [0.2, 0.25) is 0 Å². The van der Waals surface area contributed by atoms with E-state index >= 15 is 0 Å². The Morgan fingerprint density at radius 1 is 0.839 bits per heavy atom. The number of amides is 2. The molecule has 1 aliphatic carbocycles. The van der Waals surface area contributed by atoms with Crippen LogP contribution in [0.2, 0.25) is 0 Å². The van der Waals surface area contributed by atoms with Crippen molar-refractivity contribution in [3.63, 3.8) is 0 Å². The predicted octanol–water partition coefficient (Wildman–Crippen LogP) is 4.46. The lowest BCUT2D eigenvalue weighted by Gasteiger charge is -2.36. The summed E-state index contributed by atoms with van der Waals surface area (Å²) in [6, 6.07) is 19.2. The molecule has 1 aliphatic heterocycles. The molecule has 0 radical (unpaired) electrons. The van der Waals surface area contributed by atoms with Crippen molar-refractivity contribution in [2.75, 3.05) is 31.1 Å². The van der Waals surface area contributed by atoms with E-state index in [4.69, 9.17) is 0 Å². The van der Waals surface area contributed by atoms with Crippen molar-refractivity contribution in [3.05, 3.63) is 54.6 Å². The summed E-state index contributed by atoms with van der Waals surface area (Å²) in [6.45, 7) is 2.99. The standard InChI is InChI=1S/C25H29N5O/c31-25(26-22-8-2-1-3-9-22)30-16-14-29(15-17-30)24-13-12-23(27-28-24)21-11-10-19-6-4-5-7-20(19)18-21/h4-7,10-13,18,22H,1-3,8-9,14-17H2,(H,26,31). The fourth-order valence-corrected chi connectivity index (χ4v) is 4.65. The Balaban J connectivity index is 1.19. The molecule has 3 aromatic rings.